The van der Waals surface area contributed by atoms with Gasteiger partial charge in [0.1, 0.15) is 0 Å². The summed E-state index contributed by atoms with van der Waals surface area (Å²) in [6.07, 6.45) is 3.00. The molecule has 0 saturated carbocycles. The number of halogens is 1. The molecule has 1 saturated heterocycles. The molecule has 1 aliphatic heterocycles. The number of hydrogen-bond donors (Lipinski definition) is 2. The Kier molecular flexibility index (Phi) is 5.22. The van der Waals surface area contributed by atoms with E-state index in [9.17, 15) is 5.11 Å². The van der Waals surface area contributed by atoms with E-state index in [4.69, 9.17) is 11.6 Å². The molecule has 1 unspecified atom stereocenters. The van der Waals surface area contributed by atoms with Crippen molar-refractivity contribution >= 4 is 23.5 Å². The SMILES string of the molecule is CC(C)CC(C)(O)CNc1nc(Cl)nc(N2CCCC2)n1. The van der Waals surface area contributed by atoms with Crippen LogP contribution in [0.1, 0.15) is 40.0 Å². The van der Waals surface area contributed by atoms with Gasteiger partial charge in [-0.3, -0.25) is 0 Å². The van der Waals surface area contributed by atoms with E-state index >= 15 is 0 Å². The standard InChI is InChI=1S/C14H24ClN5O/c1-10(2)8-14(3,21)9-16-12-17-11(15)18-13(19-12)20-6-4-5-7-20/h10,21H,4-9H2,1-3H3,(H,16,17,18,19). The highest BCUT2D eigenvalue weighted by Crippen LogP contribution is 2.20. The van der Waals surface area contributed by atoms with Gasteiger partial charge in [-0.1, -0.05) is 13.8 Å². The van der Waals surface area contributed by atoms with Crippen LogP contribution in [-0.2, 0) is 0 Å². The first kappa shape index (κ1) is 16.2. The maximum Gasteiger partial charge on any atom is 0.231 e. The molecule has 0 radical (unpaired) electrons. The van der Waals surface area contributed by atoms with E-state index in [1.165, 1.54) is 0 Å². The van der Waals surface area contributed by atoms with E-state index in [1.54, 1.807) is 0 Å². The van der Waals surface area contributed by atoms with Gasteiger partial charge in [0.25, 0.3) is 0 Å². The average Bonchev–Trinajstić information content (AvgIpc) is 2.88. The number of nitrogens with zero attached hydrogens (tertiary/aromatic N) is 4. The van der Waals surface area contributed by atoms with Crippen LogP contribution in [0, 0.1) is 5.92 Å². The first-order valence-electron chi connectivity index (χ1n) is 7.48. The molecule has 2 rings (SSSR count). The number of aliphatic hydroxyl groups is 1. The summed E-state index contributed by atoms with van der Waals surface area (Å²) < 4.78 is 0. The Labute approximate surface area is 131 Å². The monoisotopic (exact) mass is 313 g/mol. The minimum atomic E-state index is -0.804. The summed E-state index contributed by atoms with van der Waals surface area (Å²) in [5.41, 5.74) is -0.804. The van der Waals surface area contributed by atoms with E-state index in [1.807, 2.05) is 6.92 Å². The molecule has 1 aromatic heterocycles. The normalized spacial score (nSPS) is 18.1. The molecule has 0 aromatic carbocycles. The zero-order chi connectivity index (χ0) is 15.5. The lowest BCUT2D eigenvalue weighted by atomic mass is 9.94. The van der Waals surface area contributed by atoms with Crippen molar-refractivity contribution in [2.24, 2.45) is 5.92 Å². The van der Waals surface area contributed by atoms with Gasteiger partial charge in [-0.25, -0.2) is 0 Å². The molecule has 1 aliphatic rings. The van der Waals surface area contributed by atoms with Crippen LogP contribution < -0.4 is 10.2 Å². The van der Waals surface area contributed by atoms with Gasteiger partial charge in [-0.2, -0.15) is 15.0 Å². The molecule has 1 aromatic rings. The molecule has 21 heavy (non-hydrogen) atoms. The Hall–Kier alpha value is -1.14. The molecular weight excluding hydrogens is 290 g/mol. The van der Waals surface area contributed by atoms with E-state index in [0.29, 0.717) is 30.8 Å². The fourth-order valence-electron chi connectivity index (χ4n) is 2.70. The maximum atomic E-state index is 10.3. The average molecular weight is 314 g/mol. The predicted molar refractivity (Wildman–Crippen MR) is 84.9 cm³/mol. The fraction of sp³-hybridized carbons (Fsp3) is 0.786. The third kappa shape index (κ3) is 4.97. The highest BCUT2D eigenvalue weighted by atomic mass is 35.5. The Balaban J connectivity index is 2.02. The second kappa shape index (κ2) is 6.75. The highest BCUT2D eigenvalue weighted by Gasteiger charge is 2.23. The van der Waals surface area contributed by atoms with Gasteiger partial charge in [0.2, 0.25) is 17.2 Å². The number of aromatic nitrogens is 3. The molecule has 0 bridgehead atoms. The molecular formula is C14H24ClN5O. The number of anilines is 2. The smallest absolute Gasteiger partial charge is 0.231 e. The lowest BCUT2D eigenvalue weighted by Gasteiger charge is -2.25. The van der Waals surface area contributed by atoms with Crippen molar-refractivity contribution in [3.63, 3.8) is 0 Å². The van der Waals surface area contributed by atoms with E-state index in [2.05, 4.69) is 39.0 Å². The van der Waals surface area contributed by atoms with Crippen LogP contribution >= 0.6 is 11.6 Å². The topological polar surface area (TPSA) is 74.2 Å². The van der Waals surface area contributed by atoms with Gasteiger partial charge in [-0.05, 0) is 43.7 Å². The number of rotatable bonds is 6. The minimum absolute atomic E-state index is 0.179. The third-order valence-electron chi connectivity index (χ3n) is 3.46. The van der Waals surface area contributed by atoms with Crippen molar-refractivity contribution in [2.45, 2.75) is 45.6 Å². The summed E-state index contributed by atoms with van der Waals surface area (Å²) in [6.45, 7) is 8.25. The van der Waals surface area contributed by atoms with Gasteiger partial charge in [0.15, 0.2) is 0 Å². The van der Waals surface area contributed by atoms with Gasteiger partial charge in [0, 0.05) is 19.6 Å². The summed E-state index contributed by atoms with van der Waals surface area (Å²) in [7, 11) is 0. The van der Waals surface area contributed by atoms with Crippen molar-refractivity contribution < 1.29 is 5.11 Å². The predicted octanol–water partition coefficient (Wildman–Crippen LogP) is 2.33. The van der Waals surface area contributed by atoms with Crippen LogP contribution in [0.3, 0.4) is 0 Å². The van der Waals surface area contributed by atoms with E-state index < -0.39 is 5.60 Å². The molecule has 118 valence electrons. The van der Waals surface area contributed by atoms with Gasteiger partial charge in [-0.15, -0.1) is 0 Å². The molecule has 6 nitrogen and oxygen atoms in total. The maximum absolute atomic E-state index is 10.3. The highest BCUT2D eigenvalue weighted by molar-refractivity contribution is 6.28. The molecule has 2 heterocycles. The molecule has 2 N–H and O–H groups in total. The molecule has 0 spiro atoms. The summed E-state index contributed by atoms with van der Waals surface area (Å²) >= 11 is 5.97. The van der Waals surface area contributed by atoms with Crippen molar-refractivity contribution in [3.8, 4) is 0 Å². The van der Waals surface area contributed by atoms with Crippen LogP contribution in [-0.4, -0.2) is 45.3 Å². The van der Waals surface area contributed by atoms with E-state index in [-0.39, 0.29) is 5.28 Å². The lowest BCUT2D eigenvalue weighted by molar-refractivity contribution is 0.0514. The Morgan fingerprint density at radius 2 is 1.95 bits per heavy atom. The van der Waals surface area contributed by atoms with Gasteiger partial charge >= 0.3 is 0 Å². The Bertz CT molecular complexity index is 474. The molecule has 0 aliphatic carbocycles. The van der Waals surface area contributed by atoms with E-state index in [0.717, 1.165) is 25.9 Å². The van der Waals surface area contributed by atoms with Crippen molar-refractivity contribution in [1.82, 2.24) is 15.0 Å². The van der Waals surface area contributed by atoms with Crippen LogP contribution in [0.15, 0.2) is 0 Å². The van der Waals surface area contributed by atoms with Gasteiger partial charge in [0.05, 0.1) is 5.60 Å². The van der Waals surface area contributed by atoms with Crippen LogP contribution in [0.5, 0.6) is 0 Å². The van der Waals surface area contributed by atoms with Crippen molar-refractivity contribution in [1.29, 1.82) is 0 Å². The zero-order valence-corrected chi connectivity index (χ0v) is 13.7. The van der Waals surface area contributed by atoms with Crippen LogP contribution in [0.2, 0.25) is 5.28 Å². The fourth-order valence-corrected chi connectivity index (χ4v) is 2.85. The minimum Gasteiger partial charge on any atom is -0.388 e. The number of nitrogens with one attached hydrogen (secondary N) is 1. The summed E-state index contributed by atoms with van der Waals surface area (Å²) in [5, 5.41) is 13.6. The number of hydrogen-bond acceptors (Lipinski definition) is 6. The zero-order valence-electron chi connectivity index (χ0n) is 12.9. The van der Waals surface area contributed by atoms with Crippen molar-refractivity contribution in [3.05, 3.63) is 5.28 Å². The first-order valence-corrected chi connectivity index (χ1v) is 7.86. The van der Waals surface area contributed by atoms with Gasteiger partial charge < -0.3 is 15.3 Å². The molecule has 7 heteroatoms. The molecule has 1 fully saturated rings. The second-order valence-corrected chi connectivity index (χ2v) is 6.71. The van der Waals surface area contributed by atoms with Crippen LogP contribution in [0.4, 0.5) is 11.9 Å². The largest absolute Gasteiger partial charge is 0.388 e. The molecule has 1 atom stereocenters. The lowest BCUT2D eigenvalue weighted by Crippen LogP contribution is -2.35. The Morgan fingerprint density at radius 1 is 1.29 bits per heavy atom. The summed E-state index contributed by atoms with van der Waals surface area (Å²) in [6, 6.07) is 0. The van der Waals surface area contributed by atoms with Crippen molar-refractivity contribution in [2.75, 3.05) is 29.9 Å². The first-order chi connectivity index (χ1) is 9.85. The van der Waals surface area contributed by atoms with Crippen LogP contribution in [0.25, 0.3) is 0 Å². The quantitative estimate of drug-likeness (QED) is 0.839. The third-order valence-corrected chi connectivity index (χ3v) is 3.63. The second-order valence-electron chi connectivity index (χ2n) is 6.37. The Morgan fingerprint density at radius 3 is 2.57 bits per heavy atom. The molecule has 0 amide bonds. The summed E-state index contributed by atoms with van der Waals surface area (Å²) in [5.74, 6) is 1.45. The summed E-state index contributed by atoms with van der Waals surface area (Å²) in [4.78, 5) is 14.8.